The standard InChI is InChI=1S/C25H25ClF3N5O4S/c1-32(23(35)17-11-39(36,37)14-24(17)12-38-13-24)22(25(27,28)29)15-4-6-16(7-5-15)33-8-2-3-18-19(33)10-30-21-9-20(26)31-34(18)21/h4-7,9-10,17,22H,2-3,8,11-14H2,1H3/t17-,22-/m0/s1. The topological polar surface area (TPSA) is 97.1 Å². The van der Waals surface area contributed by atoms with Crippen molar-refractivity contribution in [3.63, 3.8) is 0 Å². The second-order valence-electron chi connectivity index (χ2n) is 10.5. The Kier molecular flexibility index (Phi) is 6.12. The van der Waals surface area contributed by atoms with Gasteiger partial charge in [0.15, 0.2) is 26.7 Å². The Morgan fingerprint density at radius 3 is 2.62 bits per heavy atom. The molecule has 1 amide bonds. The second kappa shape index (κ2) is 9.07. The molecule has 208 valence electrons. The minimum Gasteiger partial charge on any atom is -0.380 e. The number of anilines is 2. The number of ether oxygens (including phenoxy) is 1. The van der Waals surface area contributed by atoms with Gasteiger partial charge in [-0.15, -0.1) is 0 Å². The van der Waals surface area contributed by atoms with Crippen LogP contribution in [0.1, 0.15) is 23.7 Å². The Morgan fingerprint density at radius 2 is 1.97 bits per heavy atom. The lowest BCUT2D eigenvalue weighted by Crippen LogP contribution is -2.54. The van der Waals surface area contributed by atoms with Crippen molar-refractivity contribution in [2.45, 2.75) is 25.1 Å². The highest BCUT2D eigenvalue weighted by Gasteiger charge is 2.59. The number of hydrogen-bond acceptors (Lipinski definition) is 7. The maximum atomic E-state index is 14.4. The molecule has 9 nitrogen and oxygen atoms in total. The molecule has 2 atom stereocenters. The van der Waals surface area contributed by atoms with Crippen LogP contribution >= 0.6 is 11.6 Å². The van der Waals surface area contributed by atoms with E-state index < -0.39 is 45.0 Å². The van der Waals surface area contributed by atoms with E-state index >= 15 is 0 Å². The summed E-state index contributed by atoms with van der Waals surface area (Å²) < 4.78 is 74.5. The third-order valence-electron chi connectivity index (χ3n) is 7.93. The maximum absolute atomic E-state index is 14.4. The van der Waals surface area contributed by atoms with Gasteiger partial charge in [-0.1, -0.05) is 23.7 Å². The van der Waals surface area contributed by atoms with Crippen LogP contribution < -0.4 is 4.90 Å². The highest BCUT2D eigenvalue weighted by atomic mass is 35.5. The van der Waals surface area contributed by atoms with Crippen molar-refractivity contribution >= 4 is 44.4 Å². The molecule has 0 bridgehead atoms. The van der Waals surface area contributed by atoms with E-state index in [0.717, 1.165) is 31.3 Å². The van der Waals surface area contributed by atoms with E-state index in [1.165, 1.54) is 12.1 Å². The largest absolute Gasteiger partial charge is 0.413 e. The van der Waals surface area contributed by atoms with Gasteiger partial charge in [0.2, 0.25) is 5.91 Å². The maximum Gasteiger partial charge on any atom is 0.413 e. The van der Waals surface area contributed by atoms with E-state index in [1.807, 2.05) is 4.90 Å². The number of rotatable bonds is 4. The van der Waals surface area contributed by atoms with Crippen molar-refractivity contribution < 1.29 is 31.1 Å². The number of hydrogen-bond donors (Lipinski definition) is 0. The number of halogens is 4. The molecule has 3 aliphatic heterocycles. The molecule has 3 aromatic rings. The number of amides is 1. The average Bonchev–Trinajstić information content (AvgIpc) is 3.39. The molecule has 0 N–H and O–H groups in total. The summed E-state index contributed by atoms with van der Waals surface area (Å²) in [7, 11) is -2.47. The van der Waals surface area contributed by atoms with E-state index in [-0.39, 0.29) is 24.5 Å². The van der Waals surface area contributed by atoms with Gasteiger partial charge in [0, 0.05) is 30.8 Å². The molecule has 14 heteroatoms. The van der Waals surface area contributed by atoms with E-state index in [1.54, 1.807) is 28.9 Å². The van der Waals surface area contributed by atoms with E-state index in [4.69, 9.17) is 16.3 Å². The zero-order valence-corrected chi connectivity index (χ0v) is 22.4. The van der Waals surface area contributed by atoms with E-state index in [0.29, 0.717) is 27.9 Å². The van der Waals surface area contributed by atoms with Crippen molar-refractivity contribution in [2.24, 2.45) is 11.3 Å². The number of fused-ring (bicyclic) bond motifs is 3. The molecule has 39 heavy (non-hydrogen) atoms. The van der Waals surface area contributed by atoms with E-state index in [9.17, 15) is 26.4 Å². The molecular weight excluding hydrogens is 559 g/mol. The SMILES string of the molecule is CN(C(=O)[C@@H]1CS(=O)(=O)CC12COC2)[C@@H](c1ccc(N2CCCc3c2cnc2cc(Cl)nn32)cc1)C(F)(F)F. The lowest BCUT2D eigenvalue weighted by Gasteiger charge is -2.43. The summed E-state index contributed by atoms with van der Waals surface area (Å²) in [6.45, 7) is 0.728. The van der Waals surface area contributed by atoms with Crippen LogP contribution in [0.3, 0.4) is 0 Å². The predicted octanol–water partition coefficient (Wildman–Crippen LogP) is 3.59. The Bertz CT molecular complexity index is 1560. The first-order chi connectivity index (χ1) is 18.4. The summed E-state index contributed by atoms with van der Waals surface area (Å²) in [5, 5.41) is 4.62. The number of aromatic nitrogens is 3. The molecular formula is C25H25ClF3N5O4S. The number of sulfone groups is 1. The number of alkyl halides is 3. The molecule has 2 aromatic heterocycles. The van der Waals surface area contributed by atoms with Crippen LogP contribution in [-0.2, 0) is 25.8 Å². The van der Waals surface area contributed by atoms with Crippen LogP contribution in [0.2, 0.25) is 5.15 Å². The number of carbonyl (C=O) groups is 1. The van der Waals surface area contributed by atoms with Crippen LogP contribution in [0.15, 0.2) is 36.5 Å². The highest BCUT2D eigenvalue weighted by Crippen LogP contribution is 2.47. The highest BCUT2D eigenvalue weighted by molar-refractivity contribution is 7.91. The van der Waals surface area contributed by atoms with Gasteiger partial charge in [0.1, 0.15) is 0 Å². The summed E-state index contributed by atoms with van der Waals surface area (Å²) >= 11 is 6.05. The van der Waals surface area contributed by atoms with Crippen LogP contribution in [0.5, 0.6) is 0 Å². The zero-order chi connectivity index (χ0) is 27.7. The fourth-order valence-corrected chi connectivity index (χ4v) is 8.59. The van der Waals surface area contributed by atoms with Crippen molar-refractivity contribution in [3.05, 3.63) is 52.9 Å². The Hall–Kier alpha value is -2.90. The van der Waals surface area contributed by atoms with Gasteiger partial charge in [0.25, 0.3) is 0 Å². The van der Waals surface area contributed by atoms with Gasteiger partial charge in [-0.2, -0.15) is 18.3 Å². The van der Waals surface area contributed by atoms with Crippen LogP contribution in [-0.4, -0.2) is 78.3 Å². The fourth-order valence-electron chi connectivity index (χ4n) is 6.05. The fraction of sp³-hybridized carbons (Fsp3) is 0.480. The second-order valence-corrected chi connectivity index (χ2v) is 13.0. The van der Waals surface area contributed by atoms with Gasteiger partial charge < -0.3 is 14.5 Å². The zero-order valence-electron chi connectivity index (χ0n) is 20.9. The Balaban J connectivity index is 1.30. The molecule has 0 aliphatic carbocycles. The van der Waals surface area contributed by atoms with Crippen molar-refractivity contribution in [1.29, 1.82) is 0 Å². The average molecular weight is 584 g/mol. The predicted molar refractivity (Wildman–Crippen MR) is 137 cm³/mol. The number of nitrogens with zero attached hydrogens (tertiary/aromatic N) is 5. The molecule has 0 saturated carbocycles. The Labute approximate surface area is 227 Å². The van der Waals surface area contributed by atoms with Gasteiger partial charge in [-0.25, -0.2) is 17.9 Å². The summed E-state index contributed by atoms with van der Waals surface area (Å²) in [6, 6.07) is 5.31. The molecule has 5 heterocycles. The lowest BCUT2D eigenvalue weighted by molar-refractivity contribution is -0.196. The lowest BCUT2D eigenvalue weighted by atomic mass is 9.75. The molecule has 0 unspecified atom stereocenters. The number of carbonyl (C=O) groups excluding carboxylic acids is 1. The van der Waals surface area contributed by atoms with Crippen molar-refractivity contribution in [3.8, 4) is 0 Å². The van der Waals surface area contributed by atoms with Gasteiger partial charge in [-0.3, -0.25) is 4.79 Å². The molecule has 3 aliphatic rings. The number of aryl methyl sites for hydroxylation is 1. The molecule has 1 aromatic carbocycles. The molecule has 1 spiro atoms. The first kappa shape index (κ1) is 26.3. The van der Waals surface area contributed by atoms with Gasteiger partial charge >= 0.3 is 6.18 Å². The van der Waals surface area contributed by atoms with Gasteiger partial charge in [0.05, 0.1) is 48.2 Å². The smallest absolute Gasteiger partial charge is 0.380 e. The summed E-state index contributed by atoms with van der Waals surface area (Å²) in [6.07, 6.45) is -1.54. The first-order valence-electron chi connectivity index (χ1n) is 12.4. The minimum absolute atomic E-state index is 0.0467. The van der Waals surface area contributed by atoms with Crippen molar-refractivity contribution in [2.75, 3.05) is 43.2 Å². The van der Waals surface area contributed by atoms with Crippen LogP contribution in [0.4, 0.5) is 24.5 Å². The summed E-state index contributed by atoms with van der Waals surface area (Å²) in [5.41, 5.74) is 1.90. The third kappa shape index (κ3) is 4.44. The molecule has 6 rings (SSSR count). The van der Waals surface area contributed by atoms with Crippen molar-refractivity contribution in [1.82, 2.24) is 19.5 Å². The molecule has 2 saturated heterocycles. The number of benzene rings is 1. The minimum atomic E-state index is -4.78. The van der Waals surface area contributed by atoms with Crippen LogP contribution in [0, 0.1) is 11.3 Å². The molecule has 2 fully saturated rings. The normalized spacial score (nSPS) is 22.5. The molecule has 0 radical (unpaired) electrons. The summed E-state index contributed by atoms with van der Waals surface area (Å²) in [5.74, 6) is -2.64. The first-order valence-corrected chi connectivity index (χ1v) is 14.6. The third-order valence-corrected chi connectivity index (χ3v) is 9.97. The quantitative estimate of drug-likeness (QED) is 0.463. The van der Waals surface area contributed by atoms with Crippen LogP contribution in [0.25, 0.3) is 5.65 Å². The van der Waals surface area contributed by atoms with E-state index in [2.05, 4.69) is 10.1 Å². The Morgan fingerprint density at radius 1 is 1.26 bits per heavy atom. The summed E-state index contributed by atoms with van der Waals surface area (Å²) in [4.78, 5) is 20.4. The van der Waals surface area contributed by atoms with Gasteiger partial charge in [-0.05, 0) is 30.5 Å². The monoisotopic (exact) mass is 583 g/mol.